The minimum atomic E-state index is -1.04. The average Bonchev–Trinajstić information content (AvgIpc) is 2.90. The summed E-state index contributed by atoms with van der Waals surface area (Å²) < 4.78 is 14.6. The van der Waals surface area contributed by atoms with Gasteiger partial charge in [0, 0.05) is 0 Å². The van der Waals surface area contributed by atoms with Gasteiger partial charge < -0.3 is 5.11 Å². The van der Waals surface area contributed by atoms with E-state index < -0.39 is 5.97 Å². The summed E-state index contributed by atoms with van der Waals surface area (Å²) in [6, 6.07) is 10.8. The lowest BCUT2D eigenvalue weighted by atomic mass is 10.1. The van der Waals surface area contributed by atoms with Crippen molar-refractivity contribution < 1.29 is 14.3 Å². The number of aromatic carboxylic acids is 1. The van der Waals surface area contributed by atoms with Crippen molar-refractivity contribution in [2.75, 3.05) is 0 Å². The van der Waals surface area contributed by atoms with Gasteiger partial charge in [0.15, 0.2) is 0 Å². The Morgan fingerprint density at radius 2 is 1.95 bits per heavy atom. The van der Waals surface area contributed by atoms with Crippen molar-refractivity contribution in [1.82, 2.24) is 15.0 Å². The van der Waals surface area contributed by atoms with Gasteiger partial charge in [0.1, 0.15) is 11.3 Å². The number of fused-ring (bicyclic) bond motifs is 1. The third-order valence-electron chi connectivity index (χ3n) is 3.45. The Labute approximate surface area is 119 Å². The van der Waals surface area contributed by atoms with E-state index in [0.717, 1.165) is 5.56 Å². The Hall–Kier alpha value is -2.76. The predicted molar refractivity (Wildman–Crippen MR) is 74.7 cm³/mol. The van der Waals surface area contributed by atoms with Crippen LogP contribution in [0.1, 0.15) is 28.9 Å². The summed E-state index contributed by atoms with van der Waals surface area (Å²) in [5, 5.41) is 17.2. The smallest absolute Gasteiger partial charge is 0.338 e. The number of aromatic nitrogens is 3. The zero-order valence-corrected chi connectivity index (χ0v) is 11.2. The van der Waals surface area contributed by atoms with Crippen molar-refractivity contribution in [1.29, 1.82) is 0 Å². The fraction of sp³-hybridized carbons (Fsp3) is 0.133. The van der Waals surface area contributed by atoms with Crippen LogP contribution in [0.5, 0.6) is 0 Å². The number of benzene rings is 2. The summed E-state index contributed by atoms with van der Waals surface area (Å²) in [4.78, 5) is 11.2. The summed E-state index contributed by atoms with van der Waals surface area (Å²) in [6.07, 6.45) is 0. The van der Waals surface area contributed by atoms with Crippen LogP contribution in [-0.2, 0) is 0 Å². The van der Waals surface area contributed by atoms with Crippen LogP contribution in [0.3, 0.4) is 0 Å². The Morgan fingerprint density at radius 3 is 2.62 bits per heavy atom. The van der Waals surface area contributed by atoms with Crippen molar-refractivity contribution in [3.8, 4) is 0 Å². The van der Waals surface area contributed by atoms with E-state index >= 15 is 0 Å². The zero-order chi connectivity index (χ0) is 15.0. The quantitative estimate of drug-likeness (QED) is 0.803. The Kier molecular flexibility index (Phi) is 3.13. The van der Waals surface area contributed by atoms with Crippen molar-refractivity contribution in [2.24, 2.45) is 0 Å². The van der Waals surface area contributed by atoms with Crippen molar-refractivity contribution in [3.05, 3.63) is 59.4 Å². The molecular weight excluding hydrogens is 273 g/mol. The van der Waals surface area contributed by atoms with Crippen LogP contribution in [0.25, 0.3) is 11.0 Å². The van der Waals surface area contributed by atoms with E-state index in [0.29, 0.717) is 11.0 Å². The minimum absolute atomic E-state index is 0.116. The van der Waals surface area contributed by atoms with E-state index in [9.17, 15) is 9.18 Å². The molecule has 0 aliphatic rings. The molecule has 1 N–H and O–H groups in total. The number of carboxylic acids is 1. The van der Waals surface area contributed by atoms with E-state index in [-0.39, 0.29) is 17.4 Å². The predicted octanol–water partition coefficient (Wildman–Crippen LogP) is 2.88. The molecule has 1 heterocycles. The second-order valence-electron chi connectivity index (χ2n) is 4.74. The second-order valence-corrected chi connectivity index (χ2v) is 4.74. The molecule has 0 fully saturated rings. The second kappa shape index (κ2) is 4.97. The Bertz CT molecular complexity index is 811. The van der Waals surface area contributed by atoms with E-state index in [4.69, 9.17) is 5.11 Å². The Morgan fingerprint density at radius 1 is 1.24 bits per heavy atom. The fourth-order valence-corrected chi connectivity index (χ4v) is 2.30. The van der Waals surface area contributed by atoms with E-state index in [1.165, 1.54) is 18.2 Å². The van der Waals surface area contributed by atoms with Crippen LogP contribution >= 0.6 is 0 Å². The summed E-state index contributed by atoms with van der Waals surface area (Å²) in [7, 11) is 0. The highest BCUT2D eigenvalue weighted by atomic mass is 19.1. The lowest BCUT2D eigenvalue weighted by Gasteiger charge is -2.13. The van der Waals surface area contributed by atoms with Crippen molar-refractivity contribution >= 4 is 17.0 Å². The Balaban J connectivity index is 2.11. The largest absolute Gasteiger partial charge is 0.478 e. The lowest BCUT2D eigenvalue weighted by Crippen LogP contribution is -2.08. The van der Waals surface area contributed by atoms with E-state index in [1.807, 2.05) is 6.92 Å². The van der Waals surface area contributed by atoms with Crippen LogP contribution < -0.4 is 0 Å². The number of hydrogen-bond acceptors (Lipinski definition) is 3. The molecule has 1 unspecified atom stereocenters. The fourth-order valence-electron chi connectivity index (χ4n) is 2.30. The number of carbonyl (C=O) groups is 1. The van der Waals surface area contributed by atoms with E-state index in [1.54, 1.807) is 28.9 Å². The van der Waals surface area contributed by atoms with Crippen LogP contribution in [0, 0.1) is 5.82 Å². The molecule has 2 aromatic carbocycles. The molecule has 6 heteroatoms. The first-order valence-corrected chi connectivity index (χ1v) is 6.40. The van der Waals surface area contributed by atoms with Crippen LogP contribution in [0.2, 0.25) is 0 Å². The van der Waals surface area contributed by atoms with Crippen molar-refractivity contribution in [3.63, 3.8) is 0 Å². The maximum absolute atomic E-state index is 13.0. The minimum Gasteiger partial charge on any atom is -0.478 e. The van der Waals surface area contributed by atoms with Gasteiger partial charge >= 0.3 is 5.97 Å². The molecule has 0 aliphatic heterocycles. The summed E-state index contributed by atoms with van der Waals surface area (Å²) in [5.41, 5.74) is 1.96. The number of carboxylic acid groups (broad SMARTS) is 1. The van der Waals surface area contributed by atoms with Gasteiger partial charge in [-0.05, 0) is 36.8 Å². The average molecular weight is 285 g/mol. The zero-order valence-electron chi connectivity index (χ0n) is 11.2. The van der Waals surface area contributed by atoms with Crippen LogP contribution in [-0.4, -0.2) is 26.1 Å². The highest BCUT2D eigenvalue weighted by Gasteiger charge is 2.17. The van der Waals surface area contributed by atoms with Gasteiger partial charge in [-0.3, -0.25) is 0 Å². The molecule has 0 amide bonds. The van der Waals surface area contributed by atoms with Gasteiger partial charge in [0.2, 0.25) is 0 Å². The number of rotatable bonds is 3. The van der Waals surface area contributed by atoms with Gasteiger partial charge in [-0.1, -0.05) is 23.4 Å². The SMILES string of the molecule is CC(c1ccc(F)cc1)n1nnc2c(C(=O)O)cccc21. The molecule has 0 spiro atoms. The molecule has 0 bridgehead atoms. The van der Waals surface area contributed by atoms with Crippen LogP contribution in [0.4, 0.5) is 4.39 Å². The molecule has 0 aliphatic carbocycles. The molecule has 0 saturated carbocycles. The first kappa shape index (κ1) is 13.2. The summed E-state index contributed by atoms with van der Waals surface area (Å²) >= 11 is 0. The summed E-state index contributed by atoms with van der Waals surface area (Å²) in [6.45, 7) is 1.90. The molecule has 5 nitrogen and oxygen atoms in total. The maximum atomic E-state index is 13.0. The van der Waals surface area contributed by atoms with Gasteiger partial charge in [0.25, 0.3) is 0 Å². The molecule has 3 aromatic rings. The molecule has 106 valence electrons. The molecule has 1 aromatic heterocycles. The normalized spacial score (nSPS) is 12.5. The number of nitrogens with zero attached hydrogens (tertiary/aromatic N) is 3. The maximum Gasteiger partial charge on any atom is 0.338 e. The highest BCUT2D eigenvalue weighted by Crippen LogP contribution is 2.23. The molecular formula is C15H12FN3O2. The first-order valence-electron chi connectivity index (χ1n) is 6.40. The molecule has 1 atom stereocenters. The van der Waals surface area contributed by atoms with Gasteiger partial charge in [-0.2, -0.15) is 0 Å². The van der Waals surface area contributed by atoms with Gasteiger partial charge in [-0.15, -0.1) is 5.10 Å². The van der Waals surface area contributed by atoms with Gasteiger partial charge in [0.05, 0.1) is 17.1 Å². The molecule has 0 radical (unpaired) electrons. The first-order chi connectivity index (χ1) is 10.1. The number of halogens is 1. The van der Waals surface area contributed by atoms with Crippen LogP contribution in [0.15, 0.2) is 42.5 Å². The van der Waals surface area contributed by atoms with Crippen molar-refractivity contribution in [2.45, 2.75) is 13.0 Å². The standard InChI is InChI=1S/C15H12FN3O2/c1-9(10-5-7-11(16)8-6-10)19-13-4-2-3-12(15(20)21)14(13)17-18-19/h2-9H,1H3,(H,20,21). The summed E-state index contributed by atoms with van der Waals surface area (Å²) in [5.74, 6) is -1.34. The molecule has 0 saturated heterocycles. The number of hydrogen-bond donors (Lipinski definition) is 1. The molecule has 21 heavy (non-hydrogen) atoms. The van der Waals surface area contributed by atoms with E-state index in [2.05, 4.69) is 10.3 Å². The highest BCUT2D eigenvalue weighted by molar-refractivity contribution is 6.00. The topological polar surface area (TPSA) is 68.0 Å². The third-order valence-corrected chi connectivity index (χ3v) is 3.45. The monoisotopic (exact) mass is 285 g/mol. The van der Waals surface area contributed by atoms with Gasteiger partial charge in [-0.25, -0.2) is 13.9 Å². The lowest BCUT2D eigenvalue weighted by molar-refractivity contribution is 0.0699. The molecule has 3 rings (SSSR count). The third kappa shape index (κ3) is 2.24.